The maximum absolute atomic E-state index is 12.5. The maximum Gasteiger partial charge on any atom is 0.389 e. The van der Waals surface area contributed by atoms with Crippen molar-refractivity contribution in [1.29, 1.82) is 0 Å². The number of aliphatic hydroxyl groups excluding tert-OH is 1. The highest BCUT2D eigenvalue weighted by molar-refractivity contribution is 5.85. The van der Waals surface area contributed by atoms with Crippen LogP contribution in [0.2, 0.25) is 0 Å². The lowest BCUT2D eigenvalue weighted by Crippen LogP contribution is -2.45. The van der Waals surface area contributed by atoms with Gasteiger partial charge in [0.2, 0.25) is 0 Å². The fourth-order valence-electron chi connectivity index (χ4n) is 2.46. The molecule has 0 saturated carbocycles. The molecule has 1 aliphatic heterocycles. The Bertz CT molecular complexity index is 424. The molecule has 0 aromatic carbocycles. The number of alkyl halides is 3. The van der Waals surface area contributed by atoms with Gasteiger partial charge in [-0.15, -0.1) is 24.8 Å². The van der Waals surface area contributed by atoms with Crippen LogP contribution in [-0.4, -0.2) is 42.4 Å². The molecule has 0 bridgehead atoms. The molecule has 130 valence electrons. The van der Waals surface area contributed by atoms with E-state index in [0.717, 1.165) is 13.1 Å². The summed E-state index contributed by atoms with van der Waals surface area (Å²) in [4.78, 5) is 2.00. The molecule has 1 saturated heterocycles. The van der Waals surface area contributed by atoms with Crippen LogP contribution in [-0.2, 0) is 6.61 Å². The van der Waals surface area contributed by atoms with Crippen molar-refractivity contribution >= 4 is 24.8 Å². The van der Waals surface area contributed by atoms with Gasteiger partial charge in [0, 0.05) is 32.6 Å². The van der Waals surface area contributed by atoms with Gasteiger partial charge in [-0.2, -0.15) is 13.2 Å². The number of halogens is 5. The minimum absolute atomic E-state index is 0. The van der Waals surface area contributed by atoms with Crippen LogP contribution in [0.3, 0.4) is 0 Å². The molecule has 1 aromatic heterocycles. The minimum atomic E-state index is -4.17. The summed E-state index contributed by atoms with van der Waals surface area (Å²) in [7, 11) is 0. The van der Waals surface area contributed by atoms with E-state index in [1.165, 1.54) is 0 Å². The summed E-state index contributed by atoms with van der Waals surface area (Å²) in [6.07, 6.45) is -5.03. The third kappa shape index (κ3) is 6.34. The Balaban J connectivity index is 0.00000220. The number of nitrogens with zero attached hydrogens (tertiary/aromatic N) is 1. The van der Waals surface area contributed by atoms with Crippen LogP contribution in [0.1, 0.15) is 30.4 Å². The molecule has 9 heteroatoms. The van der Waals surface area contributed by atoms with Gasteiger partial charge in [-0.25, -0.2) is 0 Å². The lowest BCUT2D eigenvalue weighted by atomic mass is 10.1. The molecule has 2 rings (SSSR count). The molecule has 1 aliphatic rings. The Morgan fingerprint density at radius 1 is 1.23 bits per heavy atom. The molecule has 22 heavy (non-hydrogen) atoms. The van der Waals surface area contributed by atoms with Gasteiger partial charge in [0.25, 0.3) is 0 Å². The Kier molecular flexibility index (Phi) is 9.41. The van der Waals surface area contributed by atoms with Crippen molar-refractivity contribution in [3.63, 3.8) is 0 Å². The van der Waals surface area contributed by atoms with Crippen LogP contribution in [0.25, 0.3) is 0 Å². The van der Waals surface area contributed by atoms with Crippen molar-refractivity contribution in [3.05, 3.63) is 23.7 Å². The molecule has 0 aliphatic carbocycles. The summed E-state index contributed by atoms with van der Waals surface area (Å²) < 4.78 is 42.8. The summed E-state index contributed by atoms with van der Waals surface area (Å²) >= 11 is 0. The highest BCUT2D eigenvalue weighted by Gasteiger charge is 2.32. The van der Waals surface area contributed by atoms with E-state index in [-0.39, 0.29) is 43.9 Å². The number of aliphatic hydroxyl groups is 1. The molecule has 0 amide bonds. The predicted molar refractivity (Wildman–Crippen MR) is 81.6 cm³/mol. The Morgan fingerprint density at radius 2 is 1.86 bits per heavy atom. The third-order valence-corrected chi connectivity index (χ3v) is 3.46. The van der Waals surface area contributed by atoms with E-state index in [1.54, 1.807) is 12.1 Å². The minimum Gasteiger partial charge on any atom is -0.462 e. The molecular weight excluding hydrogens is 344 g/mol. The van der Waals surface area contributed by atoms with Crippen LogP contribution in [0, 0.1) is 0 Å². The average molecular weight is 365 g/mol. The van der Waals surface area contributed by atoms with Crippen LogP contribution in [0.5, 0.6) is 0 Å². The first-order valence-electron chi connectivity index (χ1n) is 6.70. The van der Waals surface area contributed by atoms with Crippen molar-refractivity contribution < 1.29 is 22.7 Å². The van der Waals surface area contributed by atoms with E-state index in [4.69, 9.17) is 9.52 Å². The van der Waals surface area contributed by atoms with Crippen LogP contribution >= 0.6 is 24.8 Å². The lowest BCUT2D eigenvalue weighted by Gasteiger charge is -2.34. The monoisotopic (exact) mass is 364 g/mol. The average Bonchev–Trinajstić information content (AvgIpc) is 2.88. The molecule has 0 unspecified atom stereocenters. The standard InChI is InChI=1S/C13H19F3N2O2.2ClH/c14-13(15,16)4-3-11(18-7-5-17-6-8-18)12-2-1-10(9-19)20-12;;/h1-2,11,17,19H,3-9H2;2*1H/t11-;;/m0../s1. The SMILES string of the molecule is Cl.Cl.OCc1ccc([C@H](CCC(F)(F)F)N2CCNCC2)o1. The topological polar surface area (TPSA) is 48.6 Å². The van der Waals surface area contributed by atoms with Crippen LogP contribution in [0.4, 0.5) is 13.2 Å². The zero-order chi connectivity index (χ0) is 14.6. The van der Waals surface area contributed by atoms with E-state index >= 15 is 0 Å². The Morgan fingerprint density at radius 3 is 2.36 bits per heavy atom. The van der Waals surface area contributed by atoms with Crippen LogP contribution in [0.15, 0.2) is 16.5 Å². The number of furan rings is 1. The smallest absolute Gasteiger partial charge is 0.389 e. The molecule has 0 radical (unpaired) electrons. The van der Waals surface area contributed by atoms with E-state index in [9.17, 15) is 13.2 Å². The van der Waals surface area contributed by atoms with Gasteiger partial charge in [-0.3, -0.25) is 4.90 Å². The zero-order valence-corrected chi connectivity index (χ0v) is 13.6. The maximum atomic E-state index is 12.5. The Labute approximate surface area is 139 Å². The highest BCUT2D eigenvalue weighted by Crippen LogP contribution is 2.32. The molecule has 2 heterocycles. The molecule has 1 fully saturated rings. The molecule has 1 atom stereocenters. The molecule has 4 nitrogen and oxygen atoms in total. The summed E-state index contributed by atoms with van der Waals surface area (Å²) in [5.41, 5.74) is 0. The normalized spacial score (nSPS) is 17.5. The third-order valence-electron chi connectivity index (χ3n) is 3.46. The molecule has 1 aromatic rings. The van der Waals surface area contributed by atoms with Gasteiger partial charge >= 0.3 is 6.18 Å². The van der Waals surface area contributed by atoms with E-state index in [1.807, 2.05) is 4.90 Å². The number of hydrogen-bond acceptors (Lipinski definition) is 4. The summed E-state index contributed by atoms with van der Waals surface area (Å²) in [5, 5.41) is 12.2. The summed E-state index contributed by atoms with van der Waals surface area (Å²) in [6.45, 7) is 2.66. The van der Waals surface area contributed by atoms with Crippen molar-refractivity contribution in [2.45, 2.75) is 31.7 Å². The van der Waals surface area contributed by atoms with Gasteiger partial charge in [0.15, 0.2) is 0 Å². The molecular formula is C13H21Cl2F3N2O2. The number of rotatable bonds is 5. The second-order valence-electron chi connectivity index (χ2n) is 4.92. The summed E-state index contributed by atoms with van der Waals surface area (Å²) in [5.74, 6) is 0.882. The fraction of sp³-hybridized carbons (Fsp3) is 0.692. The number of hydrogen-bond donors (Lipinski definition) is 2. The van der Waals surface area contributed by atoms with Crippen LogP contribution < -0.4 is 5.32 Å². The van der Waals surface area contributed by atoms with Gasteiger partial charge in [-0.1, -0.05) is 0 Å². The second kappa shape index (κ2) is 9.62. The molecule has 0 spiro atoms. The Hall–Kier alpha value is -0.470. The predicted octanol–water partition coefficient (Wildman–Crippen LogP) is 2.90. The first-order valence-corrected chi connectivity index (χ1v) is 6.70. The summed E-state index contributed by atoms with van der Waals surface area (Å²) in [6, 6.07) is 2.88. The lowest BCUT2D eigenvalue weighted by molar-refractivity contribution is -0.139. The van der Waals surface area contributed by atoms with Gasteiger partial charge < -0.3 is 14.8 Å². The zero-order valence-electron chi connectivity index (χ0n) is 11.9. The highest BCUT2D eigenvalue weighted by atomic mass is 35.5. The van der Waals surface area contributed by atoms with Crippen molar-refractivity contribution in [3.8, 4) is 0 Å². The number of nitrogens with one attached hydrogen (secondary N) is 1. The molecule has 2 N–H and O–H groups in total. The largest absolute Gasteiger partial charge is 0.462 e. The van der Waals surface area contributed by atoms with E-state index in [2.05, 4.69) is 5.32 Å². The quantitative estimate of drug-likeness (QED) is 0.843. The van der Waals surface area contributed by atoms with Gasteiger partial charge in [0.05, 0.1) is 6.04 Å². The van der Waals surface area contributed by atoms with Crippen molar-refractivity contribution in [2.75, 3.05) is 26.2 Å². The number of piperazine rings is 1. The first-order chi connectivity index (χ1) is 9.49. The first kappa shape index (κ1) is 21.5. The van der Waals surface area contributed by atoms with Gasteiger partial charge in [0.1, 0.15) is 18.1 Å². The van der Waals surface area contributed by atoms with E-state index in [0.29, 0.717) is 24.6 Å². The second-order valence-corrected chi connectivity index (χ2v) is 4.92. The van der Waals surface area contributed by atoms with Gasteiger partial charge in [-0.05, 0) is 18.6 Å². The fourth-order valence-corrected chi connectivity index (χ4v) is 2.46. The van der Waals surface area contributed by atoms with Crippen molar-refractivity contribution in [1.82, 2.24) is 10.2 Å². The van der Waals surface area contributed by atoms with Crippen molar-refractivity contribution in [2.24, 2.45) is 0 Å². The van der Waals surface area contributed by atoms with E-state index < -0.39 is 12.6 Å².